The van der Waals surface area contributed by atoms with E-state index in [2.05, 4.69) is 16.4 Å². The fourth-order valence-electron chi connectivity index (χ4n) is 1.45. The van der Waals surface area contributed by atoms with Crippen molar-refractivity contribution in [3.05, 3.63) is 30.1 Å². The van der Waals surface area contributed by atoms with E-state index in [9.17, 15) is 0 Å². The van der Waals surface area contributed by atoms with Crippen molar-refractivity contribution in [3.63, 3.8) is 0 Å². The zero-order valence-corrected chi connectivity index (χ0v) is 9.12. The average molecular weight is 221 g/mol. The molecule has 1 aromatic rings. The minimum atomic E-state index is 0. The molecule has 74 valence electrons. The first-order valence-corrected chi connectivity index (χ1v) is 3.97. The molecule has 13 heavy (non-hydrogen) atoms. The normalized spacial score (nSPS) is 16.7. The summed E-state index contributed by atoms with van der Waals surface area (Å²) < 4.78 is 0. The Labute approximate surface area is 91.0 Å². The van der Waals surface area contributed by atoms with Crippen LogP contribution in [0, 0.1) is 0 Å². The highest BCUT2D eigenvalue weighted by Gasteiger charge is 2.42. The van der Waals surface area contributed by atoms with Crippen LogP contribution in [-0.4, -0.2) is 12.0 Å². The molecule has 1 aromatic heterocycles. The van der Waals surface area contributed by atoms with Crippen LogP contribution in [0.25, 0.3) is 0 Å². The summed E-state index contributed by atoms with van der Waals surface area (Å²) in [6.45, 7) is 0. The van der Waals surface area contributed by atoms with Crippen molar-refractivity contribution in [2.45, 2.75) is 18.4 Å². The van der Waals surface area contributed by atoms with E-state index in [4.69, 9.17) is 0 Å². The number of halogens is 2. The summed E-state index contributed by atoms with van der Waals surface area (Å²) in [4.78, 5) is 4.10. The molecular formula is C9H14Cl2N2. The van der Waals surface area contributed by atoms with Gasteiger partial charge in [-0.25, -0.2) is 0 Å². The van der Waals surface area contributed by atoms with Crippen molar-refractivity contribution in [1.29, 1.82) is 0 Å². The second-order valence-corrected chi connectivity index (χ2v) is 3.07. The summed E-state index contributed by atoms with van der Waals surface area (Å²) in [7, 11) is 2.01. The predicted octanol–water partition coefficient (Wildman–Crippen LogP) is 2.13. The smallest absolute Gasteiger partial charge is 0.0449 e. The lowest BCUT2D eigenvalue weighted by atomic mass is 10.1. The molecule has 4 heteroatoms. The number of pyridine rings is 1. The molecular weight excluding hydrogens is 207 g/mol. The van der Waals surface area contributed by atoms with Crippen LogP contribution in [0.2, 0.25) is 0 Å². The summed E-state index contributed by atoms with van der Waals surface area (Å²) in [5.41, 5.74) is 1.59. The van der Waals surface area contributed by atoms with Gasteiger partial charge in [-0.15, -0.1) is 24.8 Å². The van der Waals surface area contributed by atoms with Crippen LogP contribution >= 0.6 is 24.8 Å². The zero-order valence-electron chi connectivity index (χ0n) is 7.49. The SMILES string of the molecule is CNC1(c2cccnc2)CC1.Cl.Cl. The van der Waals surface area contributed by atoms with Crippen LogP contribution in [0.3, 0.4) is 0 Å². The highest BCUT2D eigenvalue weighted by molar-refractivity contribution is 5.85. The quantitative estimate of drug-likeness (QED) is 0.827. The van der Waals surface area contributed by atoms with E-state index in [0.717, 1.165) is 0 Å². The van der Waals surface area contributed by atoms with Crippen LogP contribution < -0.4 is 5.32 Å². The van der Waals surface area contributed by atoms with Gasteiger partial charge >= 0.3 is 0 Å². The molecule has 0 aromatic carbocycles. The van der Waals surface area contributed by atoms with Crippen LogP contribution in [0.15, 0.2) is 24.5 Å². The van der Waals surface area contributed by atoms with E-state index in [1.165, 1.54) is 18.4 Å². The Kier molecular flexibility index (Phi) is 4.68. The van der Waals surface area contributed by atoms with Crippen molar-refractivity contribution in [2.75, 3.05) is 7.05 Å². The van der Waals surface area contributed by atoms with Gasteiger partial charge in [0, 0.05) is 17.9 Å². The third kappa shape index (κ3) is 2.33. The molecule has 1 heterocycles. The largest absolute Gasteiger partial charge is 0.310 e. The molecule has 1 saturated carbocycles. The molecule has 0 spiro atoms. The van der Waals surface area contributed by atoms with Crippen LogP contribution in [-0.2, 0) is 5.54 Å². The van der Waals surface area contributed by atoms with Crippen molar-refractivity contribution < 1.29 is 0 Å². The zero-order chi connectivity index (χ0) is 7.73. The van der Waals surface area contributed by atoms with Crippen molar-refractivity contribution in [2.24, 2.45) is 0 Å². The van der Waals surface area contributed by atoms with Gasteiger partial charge in [0.15, 0.2) is 0 Å². The topological polar surface area (TPSA) is 24.9 Å². The van der Waals surface area contributed by atoms with Gasteiger partial charge in [-0.1, -0.05) is 6.07 Å². The summed E-state index contributed by atoms with van der Waals surface area (Å²) in [6, 6.07) is 4.13. The van der Waals surface area contributed by atoms with Crippen LogP contribution in [0.5, 0.6) is 0 Å². The van der Waals surface area contributed by atoms with Crippen LogP contribution in [0.4, 0.5) is 0 Å². The molecule has 0 atom stereocenters. The number of rotatable bonds is 2. The molecule has 1 N–H and O–H groups in total. The summed E-state index contributed by atoms with van der Waals surface area (Å²) in [6.07, 6.45) is 6.25. The van der Waals surface area contributed by atoms with Gasteiger partial charge in [0.05, 0.1) is 0 Å². The predicted molar refractivity (Wildman–Crippen MR) is 58.7 cm³/mol. The van der Waals surface area contributed by atoms with E-state index in [-0.39, 0.29) is 30.4 Å². The fourth-order valence-corrected chi connectivity index (χ4v) is 1.45. The van der Waals surface area contributed by atoms with Gasteiger partial charge in [-0.05, 0) is 31.5 Å². The van der Waals surface area contributed by atoms with Crippen molar-refractivity contribution in [3.8, 4) is 0 Å². The van der Waals surface area contributed by atoms with E-state index in [1.807, 2.05) is 25.5 Å². The molecule has 0 radical (unpaired) electrons. The highest BCUT2D eigenvalue weighted by Crippen LogP contribution is 2.44. The third-order valence-corrected chi connectivity index (χ3v) is 2.44. The number of nitrogens with zero attached hydrogens (tertiary/aromatic N) is 1. The second-order valence-electron chi connectivity index (χ2n) is 3.07. The lowest BCUT2D eigenvalue weighted by molar-refractivity contribution is 0.583. The molecule has 0 unspecified atom stereocenters. The Balaban J connectivity index is 0.000000720. The Morgan fingerprint density at radius 2 is 2.08 bits per heavy atom. The van der Waals surface area contributed by atoms with Gasteiger partial charge < -0.3 is 5.32 Å². The second kappa shape index (κ2) is 4.80. The maximum absolute atomic E-state index is 4.10. The number of nitrogens with one attached hydrogen (secondary N) is 1. The number of hydrogen-bond acceptors (Lipinski definition) is 2. The third-order valence-electron chi connectivity index (χ3n) is 2.44. The summed E-state index contributed by atoms with van der Waals surface area (Å²) in [5, 5.41) is 3.33. The Morgan fingerprint density at radius 3 is 2.46 bits per heavy atom. The maximum atomic E-state index is 4.10. The van der Waals surface area contributed by atoms with E-state index in [1.54, 1.807) is 0 Å². The van der Waals surface area contributed by atoms with Gasteiger partial charge in [-0.3, -0.25) is 4.98 Å². The first kappa shape index (κ1) is 12.7. The fraction of sp³-hybridized carbons (Fsp3) is 0.444. The molecule has 1 aliphatic carbocycles. The lowest BCUT2D eigenvalue weighted by Crippen LogP contribution is -2.24. The number of hydrogen-bond donors (Lipinski definition) is 1. The van der Waals surface area contributed by atoms with Gasteiger partial charge in [0.2, 0.25) is 0 Å². The standard InChI is InChI=1S/C9H12N2.2ClH/c1-10-9(4-5-9)8-3-2-6-11-7-8;;/h2-3,6-7,10H,4-5H2,1H3;2*1H. The monoisotopic (exact) mass is 220 g/mol. The van der Waals surface area contributed by atoms with E-state index >= 15 is 0 Å². The highest BCUT2D eigenvalue weighted by atomic mass is 35.5. The molecule has 1 aliphatic rings. The maximum Gasteiger partial charge on any atom is 0.0449 e. The molecule has 0 amide bonds. The molecule has 0 bridgehead atoms. The average Bonchev–Trinajstić information content (AvgIpc) is 2.86. The van der Waals surface area contributed by atoms with Gasteiger partial charge in [-0.2, -0.15) is 0 Å². The van der Waals surface area contributed by atoms with Crippen LogP contribution in [0.1, 0.15) is 18.4 Å². The first-order chi connectivity index (χ1) is 5.37. The first-order valence-electron chi connectivity index (χ1n) is 3.97. The van der Waals surface area contributed by atoms with Gasteiger partial charge in [0.25, 0.3) is 0 Å². The number of aromatic nitrogens is 1. The molecule has 2 nitrogen and oxygen atoms in total. The van der Waals surface area contributed by atoms with Crippen molar-refractivity contribution >= 4 is 24.8 Å². The molecule has 1 fully saturated rings. The Bertz CT molecular complexity index is 247. The summed E-state index contributed by atoms with van der Waals surface area (Å²) >= 11 is 0. The van der Waals surface area contributed by atoms with Gasteiger partial charge in [0.1, 0.15) is 0 Å². The minimum Gasteiger partial charge on any atom is -0.310 e. The Hall–Kier alpha value is -0.310. The van der Waals surface area contributed by atoms with Crippen molar-refractivity contribution in [1.82, 2.24) is 10.3 Å². The molecule has 0 aliphatic heterocycles. The summed E-state index contributed by atoms with van der Waals surface area (Å²) in [5.74, 6) is 0. The van der Waals surface area contributed by atoms with E-state index < -0.39 is 0 Å². The molecule has 0 saturated heterocycles. The molecule has 2 rings (SSSR count). The Morgan fingerprint density at radius 1 is 1.38 bits per heavy atom. The van der Waals surface area contributed by atoms with E-state index in [0.29, 0.717) is 0 Å². The minimum absolute atomic E-state index is 0. The lowest BCUT2D eigenvalue weighted by Gasteiger charge is -2.12.